The topological polar surface area (TPSA) is 67.8 Å². The van der Waals surface area contributed by atoms with Gasteiger partial charge in [0.15, 0.2) is 11.0 Å². The summed E-state index contributed by atoms with van der Waals surface area (Å²) in [7, 11) is 0. The molecule has 0 unspecified atom stereocenters. The predicted molar refractivity (Wildman–Crippen MR) is 50.4 cm³/mol. The van der Waals surface area contributed by atoms with Crippen molar-refractivity contribution in [1.29, 1.82) is 0 Å². The summed E-state index contributed by atoms with van der Waals surface area (Å²) >= 11 is 5.64. The molecule has 0 spiro atoms. The molecular formula is C8H8ClN3O. The zero-order valence-electron chi connectivity index (χ0n) is 6.97. The smallest absolute Gasteiger partial charge is 0.194 e. The molecule has 0 aliphatic heterocycles. The highest BCUT2D eigenvalue weighted by Crippen LogP contribution is 2.27. The van der Waals surface area contributed by atoms with Crippen LogP contribution in [0.25, 0.3) is 11.5 Å². The van der Waals surface area contributed by atoms with Crippen LogP contribution in [0.5, 0.6) is 0 Å². The van der Waals surface area contributed by atoms with Gasteiger partial charge in [0, 0.05) is 5.56 Å². The maximum Gasteiger partial charge on any atom is 0.194 e. The van der Waals surface area contributed by atoms with Gasteiger partial charge in [0.25, 0.3) is 0 Å². The van der Waals surface area contributed by atoms with Crippen molar-refractivity contribution in [2.24, 2.45) is 0 Å². The zero-order valence-corrected chi connectivity index (χ0v) is 7.72. The zero-order chi connectivity index (χ0) is 9.42. The molecule has 0 bridgehead atoms. The number of nitrogens with one attached hydrogen (secondary N) is 1. The van der Waals surface area contributed by atoms with Crippen molar-refractivity contribution in [2.45, 2.75) is 6.92 Å². The fourth-order valence-electron chi connectivity index (χ4n) is 1.10. The second-order valence-electron chi connectivity index (χ2n) is 2.71. The van der Waals surface area contributed by atoms with Crippen molar-refractivity contribution < 1.29 is 4.42 Å². The van der Waals surface area contributed by atoms with Crippen LogP contribution in [0.3, 0.4) is 0 Å². The van der Waals surface area contributed by atoms with E-state index in [0.29, 0.717) is 16.8 Å². The number of aromatic nitrogens is 2. The minimum Gasteiger partial charge on any atom is -0.443 e. The molecule has 3 N–H and O–H groups in total. The quantitative estimate of drug-likeness (QED) is 0.737. The molecule has 2 aromatic rings. The lowest BCUT2D eigenvalue weighted by molar-refractivity contribution is 0.581. The predicted octanol–water partition coefficient (Wildman–Crippen LogP) is 2.21. The Labute approximate surface area is 79.7 Å². The summed E-state index contributed by atoms with van der Waals surface area (Å²) < 4.78 is 5.20. The Balaban J connectivity index is 2.52. The van der Waals surface area contributed by atoms with Crippen LogP contribution < -0.4 is 5.73 Å². The van der Waals surface area contributed by atoms with Gasteiger partial charge in [-0.15, -0.1) is 0 Å². The minimum atomic E-state index is 0.350. The summed E-state index contributed by atoms with van der Waals surface area (Å²) in [6, 6.07) is 3.44. The van der Waals surface area contributed by atoms with Gasteiger partial charge >= 0.3 is 0 Å². The van der Waals surface area contributed by atoms with Crippen molar-refractivity contribution in [1.82, 2.24) is 10.2 Å². The Kier molecular flexibility index (Phi) is 1.77. The normalized spacial score (nSPS) is 10.6. The average Bonchev–Trinajstić information content (AvgIpc) is 2.62. The molecule has 0 amide bonds. The second kappa shape index (κ2) is 2.81. The molecule has 0 aliphatic carbocycles. The fourth-order valence-corrected chi connectivity index (χ4v) is 1.25. The van der Waals surface area contributed by atoms with Crippen molar-refractivity contribution in [2.75, 3.05) is 5.73 Å². The molecule has 0 saturated heterocycles. The Morgan fingerprint density at radius 1 is 1.54 bits per heavy atom. The maximum absolute atomic E-state index is 5.64. The van der Waals surface area contributed by atoms with E-state index in [9.17, 15) is 0 Å². The third kappa shape index (κ3) is 1.29. The van der Waals surface area contributed by atoms with Gasteiger partial charge < -0.3 is 10.2 Å². The van der Waals surface area contributed by atoms with Crippen LogP contribution in [-0.2, 0) is 0 Å². The number of hydrogen-bond donors (Lipinski definition) is 2. The van der Waals surface area contributed by atoms with Gasteiger partial charge in [-0.2, -0.15) is 5.10 Å². The summed E-state index contributed by atoms with van der Waals surface area (Å²) in [5, 5.41) is 6.98. The first kappa shape index (κ1) is 8.19. The minimum absolute atomic E-state index is 0.350. The third-order valence-corrected chi connectivity index (χ3v) is 2.07. The van der Waals surface area contributed by atoms with Crippen LogP contribution in [-0.4, -0.2) is 10.2 Å². The van der Waals surface area contributed by atoms with Gasteiger partial charge in [0.2, 0.25) is 0 Å². The van der Waals surface area contributed by atoms with Gasteiger partial charge in [-0.1, -0.05) is 0 Å². The van der Waals surface area contributed by atoms with Crippen LogP contribution in [0.2, 0.25) is 5.22 Å². The molecule has 0 fully saturated rings. The molecule has 2 aromatic heterocycles. The molecule has 68 valence electrons. The van der Waals surface area contributed by atoms with E-state index < -0.39 is 0 Å². The maximum atomic E-state index is 5.64. The highest BCUT2D eigenvalue weighted by molar-refractivity contribution is 6.28. The van der Waals surface area contributed by atoms with Crippen molar-refractivity contribution >= 4 is 17.4 Å². The first-order valence-corrected chi connectivity index (χ1v) is 4.12. The largest absolute Gasteiger partial charge is 0.443 e. The van der Waals surface area contributed by atoms with Crippen molar-refractivity contribution in [3.63, 3.8) is 0 Å². The molecule has 0 aliphatic rings. The van der Waals surface area contributed by atoms with Gasteiger partial charge in [-0.25, -0.2) is 0 Å². The van der Waals surface area contributed by atoms with Crippen LogP contribution in [0, 0.1) is 6.92 Å². The first-order chi connectivity index (χ1) is 6.18. The summed E-state index contributed by atoms with van der Waals surface area (Å²) in [6.45, 7) is 1.87. The number of halogens is 1. The van der Waals surface area contributed by atoms with E-state index in [-0.39, 0.29) is 0 Å². The number of furan rings is 1. The van der Waals surface area contributed by atoms with E-state index >= 15 is 0 Å². The van der Waals surface area contributed by atoms with E-state index in [1.807, 2.05) is 6.92 Å². The number of H-pyrrole nitrogens is 1. The molecule has 13 heavy (non-hydrogen) atoms. The Hall–Kier alpha value is -1.42. The lowest BCUT2D eigenvalue weighted by Gasteiger charge is -1.92. The molecule has 0 saturated carbocycles. The Morgan fingerprint density at radius 3 is 2.77 bits per heavy atom. The van der Waals surface area contributed by atoms with Gasteiger partial charge in [-0.3, -0.25) is 5.10 Å². The van der Waals surface area contributed by atoms with Crippen molar-refractivity contribution in [3.05, 3.63) is 22.9 Å². The molecule has 2 rings (SSSR count). The summed E-state index contributed by atoms with van der Waals surface area (Å²) in [4.78, 5) is 0. The number of nitrogens with zero attached hydrogens (tertiary/aromatic N) is 1. The van der Waals surface area contributed by atoms with Crippen LogP contribution in [0.4, 0.5) is 5.82 Å². The standard InChI is InChI=1S/C8H8ClN3O/c1-4-7(11-12-8(4)10)5-2-3-6(9)13-5/h2-3H,1H3,(H3,10,11,12). The number of anilines is 1. The van der Waals surface area contributed by atoms with E-state index in [2.05, 4.69) is 10.2 Å². The van der Waals surface area contributed by atoms with E-state index in [1.165, 1.54) is 0 Å². The lowest BCUT2D eigenvalue weighted by Crippen LogP contribution is -1.85. The average molecular weight is 198 g/mol. The SMILES string of the molecule is Cc1c(N)n[nH]c1-c1ccc(Cl)o1. The number of hydrogen-bond acceptors (Lipinski definition) is 3. The van der Waals surface area contributed by atoms with Crippen molar-refractivity contribution in [3.8, 4) is 11.5 Å². The molecule has 0 atom stereocenters. The van der Waals surface area contributed by atoms with E-state index in [1.54, 1.807) is 12.1 Å². The van der Waals surface area contributed by atoms with Gasteiger partial charge in [0.1, 0.15) is 11.5 Å². The number of aromatic amines is 1. The summed E-state index contributed by atoms with van der Waals surface area (Å²) in [5.41, 5.74) is 7.20. The molecular weight excluding hydrogens is 190 g/mol. The number of rotatable bonds is 1. The molecule has 4 nitrogen and oxygen atoms in total. The van der Waals surface area contributed by atoms with E-state index in [0.717, 1.165) is 11.3 Å². The summed E-state index contributed by atoms with van der Waals surface area (Å²) in [5.74, 6) is 1.12. The lowest BCUT2D eigenvalue weighted by atomic mass is 10.2. The third-order valence-electron chi connectivity index (χ3n) is 1.87. The number of nitrogens with two attached hydrogens (primary N) is 1. The molecule has 0 aromatic carbocycles. The first-order valence-electron chi connectivity index (χ1n) is 3.74. The molecule has 5 heteroatoms. The highest BCUT2D eigenvalue weighted by atomic mass is 35.5. The van der Waals surface area contributed by atoms with Crippen LogP contribution >= 0.6 is 11.6 Å². The Morgan fingerprint density at radius 2 is 2.31 bits per heavy atom. The fraction of sp³-hybridized carbons (Fsp3) is 0.125. The van der Waals surface area contributed by atoms with E-state index in [4.69, 9.17) is 21.8 Å². The second-order valence-corrected chi connectivity index (χ2v) is 3.09. The molecule has 2 heterocycles. The highest BCUT2D eigenvalue weighted by Gasteiger charge is 2.11. The van der Waals surface area contributed by atoms with Gasteiger partial charge in [0.05, 0.1) is 0 Å². The van der Waals surface area contributed by atoms with Gasteiger partial charge in [-0.05, 0) is 30.7 Å². The molecule has 0 radical (unpaired) electrons. The summed E-state index contributed by atoms with van der Waals surface area (Å²) in [6.07, 6.45) is 0. The van der Waals surface area contributed by atoms with Crippen LogP contribution in [0.1, 0.15) is 5.56 Å². The monoisotopic (exact) mass is 197 g/mol. The number of nitrogen functional groups attached to an aromatic ring is 1. The Bertz CT molecular complexity index is 432. The van der Waals surface area contributed by atoms with Crippen LogP contribution in [0.15, 0.2) is 16.5 Å².